The summed E-state index contributed by atoms with van der Waals surface area (Å²) in [7, 11) is 0. The number of pyridine rings is 1. The van der Waals surface area contributed by atoms with Crippen molar-refractivity contribution in [2.75, 3.05) is 5.32 Å². The first-order valence-corrected chi connectivity index (χ1v) is 9.06. The van der Waals surface area contributed by atoms with Gasteiger partial charge >= 0.3 is 11.8 Å². The SMILES string of the molecule is Cc1ccc(OC2CC(NC(=O)C(=O)Nc3c[nH]c4cc(F)c(F)cc34)C2)nc1. The number of carbonyl (C=O) groups is 2. The minimum absolute atomic E-state index is 0.0787. The molecule has 9 heteroatoms. The topological polar surface area (TPSA) is 96.1 Å². The molecule has 2 heterocycles. The first-order valence-electron chi connectivity index (χ1n) is 9.06. The summed E-state index contributed by atoms with van der Waals surface area (Å²) < 4.78 is 32.4. The number of benzene rings is 1. The van der Waals surface area contributed by atoms with Crippen molar-refractivity contribution < 1.29 is 23.1 Å². The predicted octanol–water partition coefficient (Wildman–Crippen LogP) is 2.81. The second-order valence-electron chi connectivity index (χ2n) is 7.02. The smallest absolute Gasteiger partial charge is 0.313 e. The highest BCUT2D eigenvalue weighted by Gasteiger charge is 2.33. The van der Waals surface area contributed by atoms with Crippen LogP contribution in [0, 0.1) is 18.6 Å². The van der Waals surface area contributed by atoms with E-state index in [-0.39, 0.29) is 23.2 Å². The van der Waals surface area contributed by atoms with Crippen LogP contribution in [0.2, 0.25) is 0 Å². The molecule has 29 heavy (non-hydrogen) atoms. The fraction of sp³-hybridized carbons (Fsp3) is 0.250. The first-order chi connectivity index (χ1) is 13.9. The Bertz CT molecular complexity index is 1080. The molecule has 4 rings (SSSR count). The lowest BCUT2D eigenvalue weighted by molar-refractivity contribution is -0.137. The third-order valence-electron chi connectivity index (χ3n) is 4.78. The molecule has 0 saturated heterocycles. The highest BCUT2D eigenvalue weighted by Crippen LogP contribution is 2.26. The number of H-pyrrole nitrogens is 1. The van der Waals surface area contributed by atoms with Crippen molar-refractivity contribution >= 4 is 28.4 Å². The summed E-state index contributed by atoms with van der Waals surface area (Å²) in [6, 6.07) is 5.44. The number of halogens is 2. The molecule has 0 spiro atoms. The number of nitrogens with zero attached hydrogens (tertiary/aromatic N) is 1. The van der Waals surface area contributed by atoms with Crippen LogP contribution in [-0.4, -0.2) is 33.9 Å². The zero-order chi connectivity index (χ0) is 20.5. The molecule has 1 aliphatic carbocycles. The summed E-state index contributed by atoms with van der Waals surface area (Å²) in [6.45, 7) is 1.93. The molecule has 0 atom stereocenters. The molecule has 0 unspecified atom stereocenters. The van der Waals surface area contributed by atoms with E-state index in [4.69, 9.17) is 4.74 Å². The number of hydrogen-bond donors (Lipinski definition) is 3. The third kappa shape index (κ3) is 4.03. The van der Waals surface area contributed by atoms with Crippen LogP contribution in [0.3, 0.4) is 0 Å². The van der Waals surface area contributed by atoms with E-state index in [1.807, 2.05) is 13.0 Å². The van der Waals surface area contributed by atoms with Crippen LogP contribution in [-0.2, 0) is 9.59 Å². The van der Waals surface area contributed by atoms with Gasteiger partial charge in [-0.1, -0.05) is 6.07 Å². The molecule has 3 aromatic rings. The molecule has 0 radical (unpaired) electrons. The quantitative estimate of drug-likeness (QED) is 0.587. The van der Waals surface area contributed by atoms with Crippen molar-refractivity contribution in [3.63, 3.8) is 0 Å². The number of aromatic nitrogens is 2. The summed E-state index contributed by atoms with van der Waals surface area (Å²) in [5.41, 5.74) is 1.54. The van der Waals surface area contributed by atoms with E-state index in [0.717, 1.165) is 17.7 Å². The molecule has 1 aromatic carbocycles. The molecule has 3 N–H and O–H groups in total. The molecule has 0 aliphatic heterocycles. The van der Waals surface area contributed by atoms with E-state index >= 15 is 0 Å². The molecular weight excluding hydrogens is 382 g/mol. The van der Waals surface area contributed by atoms with Crippen molar-refractivity contribution in [2.45, 2.75) is 31.9 Å². The predicted molar refractivity (Wildman–Crippen MR) is 101 cm³/mol. The number of ether oxygens (including phenoxy) is 1. The molecule has 1 fully saturated rings. The lowest BCUT2D eigenvalue weighted by Gasteiger charge is -2.35. The second-order valence-corrected chi connectivity index (χ2v) is 7.02. The zero-order valence-corrected chi connectivity index (χ0v) is 15.5. The van der Waals surface area contributed by atoms with Gasteiger partial charge in [0, 0.05) is 48.8 Å². The molecule has 0 bridgehead atoms. The lowest BCUT2D eigenvalue weighted by atomic mass is 9.89. The summed E-state index contributed by atoms with van der Waals surface area (Å²) in [5, 5.41) is 5.31. The van der Waals surface area contributed by atoms with Crippen LogP contribution < -0.4 is 15.4 Å². The Hall–Kier alpha value is -3.49. The number of rotatable bonds is 4. The van der Waals surface area contributed by atoms with Gasteiger partial charge in [-0.2, -0.15) is 0 Å². The normalized spacial score (nSPS) is 18.2. The standard InChI is InChI=1S/C20H18F2N4O3/c1-10-2-3-18(24-8-10)29-12-4-11(5-12)25-19(27)20(28)26-17-9-23-16-7-15(22)14(21)6-13(16)17/h2-3,6-9,11-12,23H,4-5H2,1H3,(H,25,27)(H,26,28). The van der Waals surface area contributed by atoms with Crippen molar-refractivity contribution in [3.8, 4) is 5.88 Å². The third-order valence-corrected chi connectivity index (χ3v) is 4.78. The zero-order valence-electron chi connectivity index (χ0n) is 15.5. The fourth-order valence-electron chi connectivity index (χ4n) is 3.12. The molecule has 150 valence electrons. The Morgan fingerprint density at radius 2 is 1.93 bits per heavy atom. The van der Waals surface area contributed by atoms with Crippen molar-refractivity contribution in [1.82, 2.24) is 15.3 Å². The van der Waals surface area contributed by atoms with E-state index in [1.165, 1.54) is 6.20 Å². The van der Waals surface area contributed by atoms with Crippen LogP contribution >= 0.6 is 0 Å². The van der Waals surface area contributed by atoms with Gasteiger partial charge in [-0.05, 0) is 18.6 Å². The highest BCUT2D eigenvalue weighted by atomic mass is 19.2. The number of amides is 2. The molecular formula is C20H18F2N4O3. The van der Waals surface area contributed by atoms with Gasteiger partial charge in [0.05, 0.1) is 11.2 Å². The van der Waals surface area contributed by atoms with Crippen LogP contribution in [0.25, 0.3) is 10.9 Å². The summed E-state index contributed by atoms with van der Waals surface area (Å²) in [4.78, 5) is 31.1. The lowest BCUT2D eigenvalue weighted by Crippen LogP contribution is -2.51. The van der Waals surface area contributed by atoms with Gasteiger partial charge in [-0.3, -0.25) is 9.59 Å². The van der Waals surface area contributed by atoms with E-state index in [9.17, 15) is 18.4 Å². The molecule has 2 amide bonds. The van der Waals surface area contributed by atoms with E-state index in [2.05, 4.69) is 20.6 Å². The summed E-state index contributed by atoms with van der Waals surface area (Å²) >= 11 is 0. The van der Waals surface area contributed by atoms with Crippen LogP contribution in [0.15, 0.2) is 36.7 Å². The van der Waals surface area contributed by atoms with Gasteiger partial charge in [0.15, 0.2) is 11.6 Å². The van der Waals surface area contributed by atoms with Crippen LogP contribution in [0.5, 0.6) is 5.88 Å². The average Bonchev–Trinajstić information content (AvgIpc) is 3.03. The van der Waals surface area contributed by atoms with E-state index < -0.39 is 23.4 Å². The van der Waals surface area contributed by atoms with Crippen molar-refractivity contribution in [2.24, 2.45) is 0 Å². The maximum absolute atomic E-state index is 13.4. The summed E-state index contributed by atoms with van der Waals surface area (Å²) in [6.07, 6.45) is 4.13. The monoisotopic (exact) mass is 400 g/mol. The Morgan fingerprint density at radius 1 is 1.17 bits per heavy atom. The van der Waals surface area contributed by atoms with Gasteiger partial charge in [-0.25, -0.2) is 13.8 Å². The average molecular weight is 400 g/mol. The Balaban J connectivity index is 1.29. The fourth-order valence-corrected chi connectivity index (χ4v) is 3.12. The van der Waals surface area contributed by atoms with Crippen LogP contribution in [0.4, 0.5) is 14.5 Å². The number of anilines is 1. The largest absolute Gasteiger partial charge is 0.474 e. The Kier molecular flexibility index (Phi) is 4.87. The van der Waals surface area contributed by atoms with Gasteiger partial charge in [0.25, 0.3) is 0 Å². The number of nitrogens with one attached hydrogen (secondary N) is 3. The maximum Gasteiger partial charge on any atom is 0.313 e. The molecule has 2 aromatic heterocycles. The van der Waals surface area contributed by atoms with E-state index in [0.29, 0.717) is 24.2 Å². The highest BCUT2D eigenvalue weighted by molar-refractivity contribution is 6.40. The number of aromatic amines is 1. The Morgan fingerprint density at radius 3 is 2.66 bits per heavy atom. The van der Waals surface area contributed by atoms with Crippen LogP contribution in [0.1, 0.15) is 18.4 Å². The molecule has 1 aliphatic rings. The second kappa shape index (κ2) is 7.50. The maximum atomic E-state index is 13.4. The van der Waals surface area contributed by atoms with E-state index in [1.54, 1.807) is 12.3 Å². The number of fused-ring (bicyclic) bond motifs is 1. The van der Waals surface area contributed by atoms with Crippen molar-refractivity contribution in [1.29, 1.82) is 0 Å². The number of carbonyl (C=O) groups excluding carboxylic acids is 2. The van der Waals surface area contributed by atoms with Gasteiger partial charge < -0.3 is 20.4 Å². The summed E-state index contributed by atoms with van der Waals surface area (Å²) in [5.74, 6) is -3.22. The molecule has 7 nitrogen and oxygen atoms in total. The van der Waals surface area contributed by atoms with Gasteiger partial charge in [0.2, 0.25) is 5.88 Å². The molecule has 1 saturated carbocycles. The number of hydrogen-bond acceptors (Lipinski definition) is 4. The minimum Gasteiger partial charge on any atom is -0.474 e. The van der Waals surface area contributed by atoms with Gasteiger partial charge in [-0.15, -0.1) is 0 Å². The number of aryl methyl sites for hydroxylation is 1. The minimum atomic E-state index is -1.04. The van der Waals surface area contributed by atoms with Gasteiger partial charge in [0.1, 0.15) is 6.10 Å². The van der Waals surface area contributed by atoms with Crippen molar-refractivity contribution in [3.05, 3.63) is 53.9 Å². The first kappa shape index (κ1) is 18.9. The Labute approximate surface area is 164 Å².